The Morgan fingerprint density at radius 3 is 2.55 bits per heavy atom. The summed E-state index contributed by atoms with van der Waals surface area (Å²) < 4.78 is 25.8. The quantitative estimate of drug-likeness (QED) is 0.0895. The molecular weight excluding hydrogens is 539 g/mol. The number of nitrogens with one attached hydrogen (secondary N) is 1. The van der Waals surface area contributed by atoms with E-state index in [1.165, 1.54) is 12.1 Å². The number of nitrogens with two attached hydrogens (primary N) is 1. The van der Waals surface area contributed by atoms with Gasteiger partial charge in [0.2, 0.25) is 0 Å². The first-order chi connectivity index (χ1) is 13.7. The molecule has 0 aliphatic rings. The normalized spacial score (nSPS) is 14.6. The van der Waals surface area contributed by atoms with Crippen LogP contribution in [-0.4, -0.2) is 57.0 Å². The van der Waals surface area contributed by atoms with Gasteiger partial charge in [-0.05, 0) is 18.9 Å². The summed E-state index contributed by atoms with van der Waals surface area (Å²) in [6, 6.07) is 1.68. The number of furan rings is 1. The highest BCUT2D eigenvalue weighted by Crippen LogP contribution is 2.47. The predicted octanol–water partition coefficient (Wildman–Crippen LogP) is 3.08. The van der Waals surface area contributed by atoms with Gasteiger partial charge in [0, 0.05) is 30.3 Å². The van der Waals surface area contributed by atoms with E-state index in [4.69, 9.17) is 19.8 Å². The summed E-state index contributed by atoms with van der Waals surface area (Å²) in [6.07, 6.45) is 1.41. The third-order valence-corrected chi connectivity index (χ3v) is 6.79. The van der Waals surface area contributed by atoms with Crippen molar-refractivity contribution < 1.29 is 28.3 Å². The Balaban J connectivity index is 2.72. The molecule has 0 radical (unpaired) electrons. The van der Waals surface area contributed by atoms with Crippen molar-refractivity contribution in [3.05, 3.63) is 28.0 Å². The number of nitro groups is 1. The molecule has 0 saturated heterocycles. The molecule has 166 valence electrons. The van der Waals surface area contributed by atoms with Gasteiger partial charge >= 0.3 is 19.5 Å². The Bertz CT molecular complexity index is 700. The molecule has 29 heavy (non-hydrogen) atoms. The Labute approximate surface area is 185 Å². The largest absolute Gasteiger partial charge is 0.480 e. The van der Waals surface area contributed by atoms with E-state index in [1.54, 1.807) is 4.67 Å². The first kappa shape index (κ1) is 26.2. The van der Waals surface area contributed by atoms with Crippen molar-refractivity contribution in [3.63, 3.8) is 0 Å². The van der Waals surface area contributed by atoms with E-state index in [1.807, 2.05) is 0 Å². The average molecular weight is 564 g/mol. The highest BCUT2D eigenvalue weighted by Gasteiger charge is 2.31. The van der Waals surface area contributed by atoms with Crippen LogP contribution in [0.2, 0.25) is 0 Å². The van der Waals surface area contributed by atoms with Crippen LogP contribution in [0.3, 0.4) is 0 Å². The number of hydrogen-bond acceptors (Lipinski definition) is 7. The third kappa shape index (κ3) is 9.24. The van der Waals surface area contributed by atoms with Gasteiger partial charge in [0.1, 0.15) is 23.3 Å². The lowest BCUT2D eigenvalue weighted by molar-refractivity contribution is -0.402. The van der Waals surface area contributed by atoms with Crippen molar-refractivity contribution in [1.82, 2.24) is 9.76 Å². The van der Waals surface area contributed by atoms with E-state index in [-0.39, 0.29) is 12.4 Å². The van der Waals surface area contributed by atoms with Crippen LogP contribution in [0.5, 0.6) is 0 Å². The van der Waals surface area contributed by atoms with Crippen molar-refractivity contribution in [2.45, 2.75) is 31.9 Å². The van der Waals surface area contributed by atoms with Crippen LogP contribution in [0, 0.1) is 10.1 Å². The Kier molecular flexibility index (Phi) is 12.2. The summed E-state index contributed by atoms with van der Waals surface area (Å²) in [5.41, 5.74) is 5.47. The molecule has 0 bridgehead atoms. The lowest BCUT2D eigenvalue weighted by Gasteiger charge is -2.30. The van der Waals surface area contributed by atoms with E-state index in [0.29, 0.717) is 49.6 Å². The zero-order valence-electron chi connectivity index (χ0n) is 15.7. The molecule has 0 saturated carbocycles. The minimum atomic E-state index is -3.48. The standard InChI is InChI=1S/C15H25Br2N4O7P/c16-6-9-20(10-7-17)29(26,19-8-2-1-3-13(18)15(22)23)27-11-12-4-5-14(28-12)21(24)25/h4-5,13H,1-3,6-11,18H2,(H,19,26)(H,22,23). The highest BCUT2D eigenvalue weighted by atomic mass is 79.9. The van der Waals surface area contributed by atoms with Gasteiger partial charge in [-0.15, -0.1) is 0 Å². The summed E-state index contributed by atoms with van der Waals surface area (Å²) in [6.45, 7) is 1.00. The van der Waals surface area contributed by atoms with Gasteiger partial charge in [0.25, 0.3) is 0 Å². The molecule has 2 atom stereocenters. The first-order valence-corrected chi connectivity index (χ1v) is 12.6. The fraction of sp³-hybridized carbons (Fsp3) is 0.667. The monoisotopic (exact) mass is 562 g/mol. The predicted molar refractivity (Wildman–Crippen MR) is 114 cm³/mol. The average Bonchev–Trinajstić information content (AvgIpc) is 3.15. The summed E-state index contributed by atoms with van der Waals surface area (Å²) in [4.78, 5) is 20.8. The molecule has 1 heterocycles. The number of carbonyl (C=O) groups is 1. The number of carboxylic acids is 1. The third-order valence-electron chi connectivity index (χ3n) is 3.84. The maximum absolute atomic E-state index is 13.5. The highest BCUT2D eigenvalue weighted by molar-refractivity contribution is 9.09. The first-order valence-electron chi connectivity index (χ1n) is 8.82. The number of alkyl halides is 2. The second-order valence-electron chi connectivity index (χ2n) is 5.97. The molecule has 0 aliphatic heterocycles. The second-order valence-corrected chi connectivity index (χ2v) is 9.74. The molecule has 2 unspecified atom stereocenters. The zero-order chi connectivity index (χ0) is 21.9. The molecule has 1 rings (SSSR count). The molecule has 0 fully saturated rings. The molecule has 0 amide bonds. The zero-order valence-corrected chi connectivity index (χ0v) is 19.7. The molecule has 4 N–H and O–H groups in total. The Morgan fingerprint density at radius 2 is 2.03 bits per heavy atom. The molecule has 0 aliphatic carbocycles. The smallest absolute Gasteiger partial charge is 0.433 e. The molecular formula is C15H25Br2N4O7P. The molecule has 0 aromatic carbocycles. The molecule has 11 nitrogen and oxygen atoms in total. The lowest BCUT2D eigenvalue weighted by Crippen LogP contribution is -2.33. The van der Waals surface area contributed by atoms with Crippen LogP contribution < -0.4 is 10.8 Å². The number of nitrogens with zero attached hydrogens (tertiary/aromatic N) is 2. The maximum Gasteiger partial charge on any atom is 0.433 e. The van der Waals surface area contributed by atoms with Gasteiger partial charge in [-0.2, -0.15) is 0 Å². The van der Waals surface area contributed by atoms with Crippen molar-refractivity contribution >= 4 is 51.4 Å². The van der Waals surface area contributed by atoms with Gasteiger partial charge in [-0.3, -0.25) is 24.0 Å². The number of unbranched alkanes of at least 4 members (excludes halogenated alkanes) is 1. The van der Waals surface area contributed by atoms with Gasteiger partial charge in [0.15, 0.2) is 0 Å². The Morgan fingerprint density at radius 1 is 1.38 bits per heavy atom. The fourth-order valence-corrected chi connectivity index (χ4v) is 5.65. The summed E-state index contributed by atoms with van der Waals surface area (Å²) in [7, 11) is -3.48. The number of hydrogen-bond donors (Lipinski definition) is 3. The maximum atomic E-state index is 13.5. The van der Waals surface area contributed by atoms with E-state index in [9.17, 15) is 19.5 Å². The van der Waals surface area contributed by atoms with Gasteiger partial charge in [-0.1, -0.05) is 38.3 Å². The van der Waals surface area contributed by atoms with Crippen molar-refractivity contribution in [1.29, 1.82) is 0 Å². The summed E-state index contributed by atoms with van der Waals surface area (Å²) in [5.74, 6) is -1.29. The summed E-state index contributed by atoms with van der Waals surface area (Å²) in [5, 5.41) is 23.6. The molecule has 1 aromatic heterocycles. The topological polar surface area (TPSA) is 161 Å². The number of rotatable bonds is 16. The van der Waals surface area contributed by atoms with Crippen LogP contribution in [0.25, 0.3) is 0 Å². The van der Waals surface area contributed by atoms with Crippen LogP contribution in [0.15, 0.2) is 16.5 Å². The minimum Gasteiger partial charge on any atom is -0.480 e. The van der Waals surface area contributed by atoms with E-state index in [0.717, 1.165) is 0 Å². The van der Waals surface area contributed by atoms with Gasteiger partial charge < -0.3 is 15.3 Å². The van der Waals surface area contributed by atoms with Crippen molar-refractivity contribution in [3.8, 4) is 0 Å². The van der Waals surface area contributed by atoms with E-state index < -0.39 is 30.5 Å². The SMILES string of the molecule is NC(CCCCNP(=O)(OCc1ccc([N+](=O)[O-])o1)N(CCBr)CCBr)C(=O)O. The van der Waals surface area contributed by atoms with E-state index >= 15 is 0 Å². The van der Waals surface area contributed by atoms with Crippen LogP contribution in [0.1, 0.15) is 25.0 Å². The Hall–Kier alpha value is -0.820. The van der Waals surface area contributed by atoms with Gasteiger partial charge in [0.05, 0.1) is 6.07 Å². The van der Waals surface area contributed by atoms with Crippen molar-refractivity contribution in [2.24, 2.45) is 5.73 Å². The number of halogens is 2. The fourth-order valence-electron chi connectivity index (χ4n) is 2.32. The van der Waals surface area contributed by atoms with Crippen LogP contribution in [-0.2, 0) is 20.5 Å². The number of aliphatic carboxylic acids is 1. The van der Waals surface area contributed by atoms with Crippen molar-refractivity contribution in [2.75, 3.05) is 30.3 Å². The van der Waals surface area contributed by atoms with E-state index in [2.05, 4.69) is 36.9 Å². The molecule has 14 heteroatoms. The molecule has 0 spiro atoms. The summed E-state index contributed by atoms with van der Waals surface area (Å²) >= 11 is 6.65. The lowest BCUT2D eigenvalue weighted by atomic mass is 10.1. The van der Waals surface area contributed by atoms with Crippen LogP contribution >= 0.6 is 39.5 Å². The van der Waals surface area contributed by atoms with Gasteiger partial charge in [-0.25, -0.2) is 9.76 Å². The molecule has 1 aromatic rings. The van der Waals surface area contributed by atoms with Crippen LogP contribution in [0.4, 0.5) is 5.88 Å². The number of carboxylic acid groups (broad SMARTS) is 1. The minimum absolute atomic E-state index is 0.184. The second kappa shape index (κ2) is 13.5.